The predicted octanol–water partition coefficient (Wildman–Crippen LogP) is 2.86. The van der Waals surface area contributed by atoms with Crippen molar-refractivity contribution in [2.24, 2.45) is 0 Å². The number of aromatic nitrogens is 1. The number of fused-ring (bicyclic) bond motifs is 1. The number of nitrogens with one attached hydrogen (secondary N) is 1. The zero-order valence-electron chi connectivity index (χ0n) is 14.5. The third kappa shape index (κ3) is 2.99. The topological polar surface area (TPSA) is 96.5 Å². The van der Waals surface area contributed by atoms with E-state index in [0.717, 1.165) is 4.90 Å². The predicted molar refractivity (Wildman–Crippen MR) is 99.4 cm³/mol. The van der Waals surface area contributed by atoms with Gasteiger partial charge >= 0.3 is 5.97 Å². The number of nitrogens with zero attached hydrogens (tertiary/aromatic N) is 1. The summed E-state index contributed by atoms with van der Waals surface area (Å²) in [5.74, 6) is -1.99. The number of rotatable bonds is 5. The molecule has 0 bridgehead atoms. The Morgan fingerprint density at radius 1 is 0.893 bits per heavy atom. The molecule has 1 aromatic heterocycles. The molecule has 28 heavy (non-hydrogen) atoms. The summed E-state index contributed by atoms with van der Waals surface area (Å²) in [4.78, 5) is 53.1. The minimum atomic E-state index is -0.724. The Labute approximate surface area is 159 Å². The van der Waals surface area contributed by atoms with Crippen LogP contribution in [0.2, 0.25) is 0 Å². The van der Waals surface area contributed by atoms with Gasteiger partial charge in [0.15, 0.2) is 6.61 Å². The van der Waals surface area contributed by atoms with Gasteiger partial charge < -0.3 is 9.72 Å². The van der Waals surface area contributed by atoms with Crippen molar-refractivity contribution in [1.29, 1.82) is 0 Å². The van der Waals surface area contributed by atoms with Gasteiger partial charge in [-0.1, -0.05) is 18.2 Å². The third-order valence-electron chi connectivity index (χ3n) is 4.37. The second kappa shape index (κ2) is 6.96. The van der Waals surface area contributed by atoms with Crippen LogP contribution in [0.25, 0.3) is 0 Å². The fourth-order valence-electron chi connectivity index (χ4n) is 2.99. The molecule has 4 rings (SSSR count). The number of anilines is 1. The molecule has 1 aliphatic heterocycles. The molecule has 3 aromatic rings. The van der Waals surface area contributed by atoms with Crippen LogP contribution in [0, 0.1) is 0 Å². The van der Waals surface area contributed by atoms with E-state index in [9.17, 15) is 19.2 Å². The number of ketones is 1. The van der Waals surface area contributed by atoms with Crippen LogP contribution in [0.15, 0.2) is 66.9 Å². The van der Waals surface area contributed by atoms with E-state index in [1.54, 1.807) is 54.7 Å². The molecule has 0 unspecified atom stereocenters. The highest BCUT2D eigenvalue weighted by Gasteiger charge is 2.36. The first-order valence-corrected chi connectivity index (χ1v) is 8.48. The Bertz CT molecular complexity index is 1070. The maximum atomic E-state index is 12.6. The standard InChI is InChI=1S/C21H14N2O5/c24-18(17-9-4-10-22-17)12-28-21(27)13-5-3-6-14(11-13)23-19(25)15-7-1-2-8-16(15)20(23)26/h1-11,22H,12H2. The summed E-state index contributed by atoms with van der Waals surface area (Å²) in [5, 5.41) is 0. The monoisotopic (exact) mass is 374 g/mol. The number of hydrogen-bond donors (Lipinski definition) is 1. The average Bonchev–Trinajstić information content (AvgIpc) is 3.34. The quantitative estimate of drug-likeness (QED) is 0.421. The molecule has 2 heterocycles. The first-order valence-electron chi connectivity index (χ1n) is 8.48. The molecule has 138 valence electrons. The highest BCUT2D eigenvalue weighted by molar-refractivity contribution is 6.34. The number of benzene rings is 2. The normalized spacial score (nSPS) is 12.8. The Hall–Kier alpha value is -4.00. The largest absolute Gasteiger partial charge is 0.454 e. The van der Waals surface area contributed by atoms with E-state index in [4.69, 9.17) is 4.74 Å². The van der Waals surface area contributed by atoms with Crippen LogP contribution in [0.4, 0.5) is 5.69 Å². The molecule has 1 N–H and O–H groups in total. The Morgan fingerprint density at radius 3 is 2.25 bits per heavy atom. The van der Waals surface area contributed by atoms with Gasteiger partial charge in [0.2, 0.25) is 5.78 Å². The number of ether oxygens (including phenoxy) is 1. The van der Waals surface area contributed by atoms with Crippen LogP contribution in [0.3, 0.4) is 0 Å². The van der Waals surface area contributed by atoms with Gasteiger partial charge in [-0.15, -0.1) is 0 Å². The summed E-state index contributed by atoms with van der Waals surface area (Å²) in [6.45, 7) is -0.420. The van der Waals surface area contributed by atoms with E-state index in [1.807, 2.05) is 0 Å². The Balaban J connectivity index is 1.52. The molecular formula is C21H14N2O5. The van der Waals surface area contributed by atoms with Crippen LogP contribution in [0.5, 0.6) is 0 Å². The van der Waals surface area contributed by atoms with Crippen LogP contribution >= 0.6 is 0 Å². The summed E-state index contributed by atoms with van der Waals surface area (Å²) in [6.07, 6.45) is 1.60. The van der Waals surface area contributed by atoms with Crippen LogP contribution < -0.4 is 4.90 Å². The molecule has 0 spiro atoms. The number of H-pyrrole nitrogens is 1. The molecule has 0 radical (unpaired) electrons. The second-order valence-corrected chi connectivity index (χ2v) is 6.12. The minimum absolute atomic E-state index is 0.133. The van der Waals surface area contributed by atoms with Crippen LogP contribution in [-0.2, 0) is 4.74 Å². The smallest absolute Gasteiger partial charge is 0.338 e. The molecule has 7 nitrogen and oxygen atoms in total. The summed E-state index contributed by atoms with van der Waals surface area (Å²) in [6, 6.07) is 15.8. The number of esters is 1. The zero-order chi connectivity index (χ0) is 19.7. The van der Waals surface area contributed by atoms with Gasteiger partial charge in [0.05, 0.1) is 28.1 Å². The lowest BCUT2D eigenvalue weighted by Crippen LogP contribution is -2.29. The van der Waals surface area contributed by atoms with Gasteiger partial charge in [0, 0.05) is 6.20 Å². The van der Waals surface area contributed by atoms with Crippen LogP contribution in [-0.4, -0.2) is 35.2 Å². The van der Waals surface area contributed by atoms with Gasteiger partial charge in [-0.05, 0) is 42.5 Å². The van der Waals surface area contributed by atoms with E-state index in [-0.39, 0.29) is 17.0 Å². The number of hydrogen-bond acceptors (Lipinski definition) is 5. The summed E-state index contributed by atoms with van der Waals surface area (Å²) in [7, 11) is 0. The minimum Gasteiger partial charge on any atom is -0.454 e. The number of imide groups is 1. The molecule has 2 amide bonds. The van der Waals surface area contributed by atoms with E-state index in [2.05, 4.69) is 4.98 Å². The summed E-state index contributed by atoms with van der Waals surface area (Å²) < 4.78 is 5.05. The zero-order valence-corrected chi connectivity index (χ0v) is 14.5. The van der Waals surface area contributed by atoms with Gasteiger partial charge in [0.1, 0.15) is 0 Å². The van der Waals surface area contributed by atoms with Crippen molar-refractivity contribution in [2.75, 3.05) is 11.5 Å². The number of aromatic amines is 1. The van der Waals surface area contributed by atoms with Gasteiger partial charge in [-0.3, -0.25) is 14.4 Å². The highest BCUT2D eigenvalue weighted by Crippen LogP contribution is 2.28. The van der Waals surface area contributed by atoms with Crippen molar-refractivity contribution in [2.45, 2.75) is 0 Å². The van der Waals surface area contributed by atoms with E-state index in [1.165, 1.54) is 12.1 Å². The number of carbonyl (C=O) groups excluding carboxylic acids is 4. The number of carbonyl (C=O) groups is 4. The SMILES string of the molecule is O=C(OCC(=O)c1ccc[nH]1)c1cccc(N2C(=O)c3ccccc3C2=O)c1. The Kier molecular flexibility index (Phi) is 4.33. The maximum Gasteiger partial charge on any atom is 0.338 e. The number of amides is 2. The van der Waals surface area contributed by atoms with Gasteiger partial charge in [-0.25, -0.2) is 9.69 Å². The first kappa shape index (κ1) is 17.4. The van der Waals surface area contributed by atoms with Crippen molar-refractivity contribution in [3.05, 3.63) is 89.2 Å². The molecule has 0 fully saturated rings. The molecule has 1 aliphatic rings. The maximum absolute atomic E-state index is 12.6. The molecule has 2 aromatic carbocycles. The lowest BCUT2D eigenvalue weighted by molar-refractivity contribution is 0.0473. The van der Waals surface area contributed by atoms with Crippen molar-refractivity contribution in [3.8, 4) is 0 Å². The number of Topliss-reactive ketones (excluding diaryl/α,β-unsaturated/α-hetero) is 1. The summed E-state index contributed by atoms with van der Waals surface area (Å²) >= 11 is 0. The van der Waals surface area contributed by atoms with Crippen molar-refractivity contribution < 1.29 is 23.9 Å². The van der Waals surface area contributed by atoms with Crippen molar-refractivity contribution in [3.63, 3.8) is 0 Å². The van der Waals surface area contributed by atoms with Gasteiger partial charge in [0.25, 0.3) is 11.8 Å². The average molecular weight is 374 g/mol. The molecule has 0 atom stereocenters. The lowest BCUT2D eigenvalue weighted by atomic mass is 10.1. The van der Waals surface area contributed by atoms with Crippen molar-refractivity contribution >= 4 is 29.3 Å². The summed E-state index contributed by atoms with van der Waals surface area (Å²) in [5.41, 5.74) is 1.37. The molecule has 0 saturated carbocycles. The Morgan fingerprint density at radius 2 is 1.61 bits per heavy atom. The first-order chi connectivity index (χ1) is 13.6. The van der Waals surface area contributed by atoms with E-state index in [0.29, 0.717) is 16.8 Å². The van der Waals surface area contributed by atoms with Crippen molar-refractivity contribution in [1.82, 2.24) is 4.98 Å². The highest BCUT2D eigenvalue weighted by atomic mass is 16.5. The fraction of sp³-hybridized carbons (Fsp3) is 0.0476. The molecular weight excluding hydrogens is 360 g/mol. The van der Waals surface area contributed by atoms with E-state index >= 15 is 0 Å². The lowest BCUT2D eigenvalue weighted by Gasteiger charge is -2.14. The molecule has 0 saturated heterocycles. The molecule has 7 heteroatoms. The van der Waals surface area contributed by atoms with Gasteiger partial charge in [-0.2, -0.15) is 0 Å². The van der Waals surface area contributed by atoms with Crippen LogP contribution in [0.1, 0.15) is 41.6 Å². The third-order valence-corrected chi connectivity index (χ3v) is 4.37. The molecule has 0 aliphatic carbocycles. The fourth-order valence-corrected chi connectivity index (χ4v) is 2.99. The second-order valence-electron chi connectivity index (χ2n) is 6.12. The van der Waals surface area contributed by atoms with E-state index < -0.39 is 24.4 Å².